The highest BCUT2D eigenvalue weighted by atomic mass is 32.2. The maximum absolute atomic E-state index is 13.3. The average molecular weight is 344 g/mol. The molecule has 1 N–H and O–H groups in total. The van der Waals surface area contributed by atoms with Gasteiger partial charge in [-0.3, -0.25) is 4.90 Å². The molecule has 0 atom stereocenters. The van der Waals surface area contributed by atoms with Crippen molar-refractivity contribution in [1.29, 1.82) is 0 Å². The first-order valence-corrected chi connectivity index (χ1v) is 9.51. The number of nitrogens with zero attached hydrogens (tertiary/aromatic N) is 1. The van der Waals surface area contributed by atoms with Crippen LogP contribution in [0, 0.1) is 5.82 Å². The largest absolute Gasteiger partial charge is 0.379 e. The van der Waals surface area contributed by atoms with Crippen molar-refractivity contribution in [1.82, 2.24) is 9.62 Å². The topological polar surface area (TPSA) is 58.6 Å². The molecule has 130 valence electrons. The van der Waals surface area contributed by atoms with Gasteiger partial charge >= 0.3 is 0 Å². The molecule has 0 unspecified atom stereocenters. The van der Waals surface area contributed by atoms with E-state index in [1.807, 2.05) is 0 Å². The molecule has 0 spiro atoms. The molecule has 1 aliphatic rings. The Kier molecular flexibility index (Phi) is 6.13. The Morgan fingerprint density at radius 1 is 1.30 bits per heavy atom. The quantitative estimate of drug-likeness (QED) is 0.818. The lowest BCUT2D eigenvalue weighted by Crippen LogP contribution is -2.43. The van der Waals surface area contributed by atoms with E-state index in [0.717, 1.165) is 19.6 Å². The van der Waals surface area contributed by atoms with Crippen molar-refractivity contribution in [3.63, 3.8) is 0 Å². The van der Waals surface area contributed by atoms with E-state index in [4.69, 9.17) is 4.74 Å². The standard InChI is InChI=1S/C16H25FN2O3S/c1-16(2,14-5-3-6-15(17)13-14)18-23(20,21)12-4-7-19-8-10-22-11-9-19/h3,5-6,13,18H,4,7-12H2,1-2H3. The van der Waals surface area contributed by atoms with Crippen LogP contribution in [0.5, 0.6) is 0 Å². The lowest BCUT2D eigenvalue weighted by molar-refractivity contribution is 0.0381. The molecule has 0 amide bonds. The molecular weight excluding hydrogens is 319 g/mol. The van der Waals surface area contributed by atoms with Gasteiger partial charge in [0.15, 0.2) is 0 Å². The number of halogens is 1. The van der Waals surface area contributed by atoms with Crippen LogP contribution >= 0.6 is 0 Å². The maximum atomic E-state index is 13.3. The van der Waals surface area contributed by atoms with E-state index in [1.54, 1.807) is 26.0 Å². The van der Waals surface area contributed by atoms with Crippen LogP contribution in [0.4, 0.5) is 4.39 Å². The van der Waals surface area contributed by atoms with Gasteiger partial charge in [-0.05, 0) is 44.5 Å². The molecule has 7 heteroatoms. The van der Waals surface area contributed by atoms with Gasteiger partial charge in [-0.1, -0.05) is 12.1 Å². The molecule has 23 heavy (non-hydrogen) atoms. The highest BCUT2D eigenvalue weighted by Gasteiger charge is 2.27. The Labute approximate surface area is 137 Å². The normalized spacial score (nSPS) is 17.3. The number of morpholine rings is 1. The zero-order chi connectivity index (χ0) is 16.9. The summed E-state index contributed by atoms with van der Waals surface area (Å²) in [6.45, 7) is 7.33. The second-order valence-electron chi connectivity index (χ2n) is 6.36. The summed E-state index contributed by atoms with van der Waals surface area (Å²) < 4.78 is 45.9. The summed E-state index contributed by atoms with van der Waals surface area (Å²) in [6, 6.07) is 6.01. The van der Waals surface area contributed by atoms with Gasteiger partial charge in [-0.15, -0.1) is 0 Å². The summed E-state index contributed by atoms with van der Waals surface area (Å²) in [6.07, 6.45) is 0.564. The van der Waals surface area contributed by atoms with Crippen molar-refractivity contribution < 1.29 is 17.5 Å². The SMILES string of the molecule is CC(C)(NS(=O)(=O)CCCN1CCOCC1)c1cccc(F)c1. The molecule has 0 aromatic heterocycles. The van der Waals surface area contributed by atoms with Crippen molar-refractivity contribution in [2.75, 3.05) is 38.6 Å². The van der Waals surface area contributed by atoms with Gasteiger partial charge < -0.3 is 4.74 Å². The molecule has 0 radical (unpaired) electrons. The Balaban J connectivity index is 1.89. The van der Waals surface area contributed by atoms with E-state index in [0.29, 0.717) is 25.2 Å². The van der Waals surface area contributed by atoms with Gasteiger partial charge in [0, 0.05) is 13.1 Å². The van der Waals surface area contributed by atoms with Gasteiger partial charge in [0.25, 0.3) is 0 Å². The molecule has 1 aliphatic heterocycles. The lowest BCUT2D eigenvalue weighted by atomic mass is 9.96. The summed E-state index contributed by atoms with van der Waals surface area (Å²) in [4.78, 5) is 2.21. The van der Waals surface area contributed by atoms with Crippen LogP contribution < -0.4 is 4.72 Å². The van der Waals surface area contributed by atoms with Crippen molar-refractivity contribution in [2.24, 2.45) is 0 Å². The molecular formula is C16H25FN2O3S. The molecule has 0 saturated carbocycles. The van der Waals surface area contributed by atoms with Crippen LogP contribution in [0.15, 0.2) is 24.3 Å². The minimum atomic E-state index is -3.43. The van der Waals surface area contributed by atoms with Gasteiger partial charge in [-0.25, -0.2) is 17.5 Å². The molecule has 5 nitrogen and oxygen atoms in total. The Bertz CT molecular complexity index is 614. The number of sulfonamides is 1. The third kappa shape index (κ3) is 5.84. The van der Waals surface area contributed by atoms with Gasteiger partial charge in [0.2, 0.25) is 10.0 Å². The zero-order valence-electron chi connectivity index (χ0n) is 13.7. The molecule has 2 rings (SSSR count). The lowest BCUT2D eigenvalue weighted by Gasteiger charge is -2.28. The molecule has 1 aromatic carbocycles. The van der Waals surface area contributed by atoms with Crippen LogP contribution in [0.1, 0.15) is 25.8 Å². The zero-order valence-corrected chi connectivity index (χ0v) is 14.5. The molecule has 1 fully saturated rings. The fraction of sp³-hybridized carbons (Fsp3) is 0.625. The number of hydrogen-bond donors (Lipinski definition) is 1. The number of benzene rings is 1. The summed E-state index contributed by atoms with van der Waals surface area (Å²) in [7, 11) is -3.43. The molecule has 0 aliphatic carbocycles. The van der Waals surface area contributed by atoms with Crippen LogP contribution in [0.25, 0.3) is 0 Å². The molecule has 1 heterocycles. The number of nitrogens with one attached hydrogen (secondary N) is 1. The summed E-state index contributed by atoms with van der Waals surface area (Å²) >= 11 is 0. The Morgan fingerprint density at radius 2 is 2.00 bits per heavy atom. The van der Waals surface area contributed by atoms with Gasteiger partial charge in [-0.2, -0.15) is 0 Å². The number of ether oxygens (including phenoxy) is 1. The van der Waals surface area contributed by atoms with Crippen molar-refractivity contribution >= 4 is 10.0 Å². The highest BCUT2D eigenvalue weighted by molar-refractivity contribution is 7.89. The Morgan fingerprint density at radius 3 is 2.65 bits per heavy atom. The third-order valence-corrected chi connectivity index (χ3v) is 5.60. The minimum absolute atomic E-state index is 0.0586. The van der Waals surface area contributed by atoms with Crippen molar-refractivity contribution in [3.8, 4) is 0 Å². The molecule has 1 saturated heterocycles. The smallest absolute Gasteiger partial charge is 0.212 e. The first-order valence-electron chi connectivity index (χ1n) is 7.86. The van der Waals surface area contributed by atoms with E-state index in [2.05, 4.69) is 9.62 Å². The van der Waals surface area contributed by atoms with E-state index < -0.39 is 15.6 Å². The van der Waals surface area contributed by atoms with Crippen LogP contribution in [-0.2, 0) is 20.3 Å². The van der Waals surface area contributed by atoms with E-state index in [-0.39, 0.29) is 11.6 Å². The van der Waals surface area contributed by atoms with Crippen molar-refractivity contribution in [2.45, 2.75) is 25.8 Å². The first kappa shape index (κ1) is 18.3. The molecule has 0 bridgehead atoms. The predicted molar refractivity (Wildman–Crippen MR) is 88.2 cm³/mol. The second-order valence-corrected chi connectivity index (χ2v) is 8.21. The number of hydrogen-bond acceptors (Lipinski definition) is 4. The van der Waals surface area contributed by atoms with Gasteiger partial charge in [0.1, 0.15) is 5.82 Å². The second kappa shape index (κ2) is 7.70. The van der Waals surface area contributed by atoms with Crippen LogP contribution in [0.3, 0.4) is 0 Å². The van der Waals surface area contributed by atoms with E-state index in [9.17, 15) is 12.8 Å². The summed E-state index contributed by atoms with van der Waals surface area (Å²) in [5, 5.41) is 0. The highest BCUT2D eigenvalue weighted by Crippen LogP contribution is 2.22. The Hall–Kier alpha value is -1.02. The number of rotatable bonds is 7. The maximum Gasteiger partial charge on any atom is 0.212 e. The third-order valence-electron chi connectivity index (χ3n) is 3.95. The van der Waals surface area contributed by atoms with Crippen molar-refractivity contribution in [3.05, 3.63) is 35.6 Å². The summed E-state index contributed by atoms with van der Waals surface area (Å²) in [5.74, 6) is -0.314. The average Bonchev–Trinajstić information content (AvgIpc) is 2.47. The first-order chi connectivity index (χ1) is 10.8. The fourth-order valence-corrected chi connectivity index (χ4v) is 4.19. The summed E-state index contributed by atoms with van der Waals surface area (Å²) in [5.41, 5.74) is -0.242. The minimum Gasteiger partial charge on any atom is -0.379 e. The fourth-order valence-electron chi connectivity index (χ4n) is 2.68. The van der Waals surface area contributed by atoms with Gasteiger partial charge in [0.05, 0.1) is 24.5 Å². The van der Waals surface area contributed by atoms with Crippen LogP contribution in [-0.4, -0.2) is 51.9 Å². The monoisotopic (exact) mass is 344 g/mol. The van der Waals surface area contributed by atoms with E-state index >= 15 is 0 Å². The van der Waals surface area contributed by atoms with Crippen LogP contribution in [0.2, 0.25) is 0 Å². The van der Waals surface area contributed by atoms with E-state index in [1.165, 1.54) is 12.1 Å². The predicted octanol–water partition coefficient (Wildman–Crippen LogP) is 1.70. The molecule has 1 aromatic rings.